The minimum atomic E-state index is -0.389. The second-order valence-corrected chi connectivity index (χ2v) is 10.5. The summed E-state index contributed by atoms with van der Waals surface area (Å²) in [6, 6.07) is 12.2. The van der Waals surface area contributed by atoms with Crippen molar-refractivity contribution in [2.45, 2.75) is 58.8 Å². The highest BCUT2D eigenvalue weighted by Gasteiger charge is 2.31. The van der Waals surface area contributed by atoms with E-state index in [0.29, 0.717) is 23.1 Å². The molecule has 1 fully saturated rings. The van der Waals surface area contributed by atoms with Crippen molar-refractivity contribution < 1.29 is 13.9 Å². The van der Waals surface area contributed by atoms with Gasteiger partial charge in [0.2, 0.25) is 5.91 Å². The molecule has 3 rings (SSSR count). The Labute approximate surface area is 213 Å². The Morgan fingerprint density at radius 2 is 1.86 bits per heavy atom. The van der Waals surface area contributed by atoms with Gasteiger partial charge in [0.25, 0.3) is 0 Å². The number of amides is 1. The van der Waals surface area contributed by atoms with Crippen LogP contribution in [0.2, 0.25) is 5.02 Å². The number of hydrogen-bond donors (Lipinski definition) is 1. The monoisotopic (exact) mass is 499 g/mol. The van der Waals surface area contributed by atoms with Crippen LogP contribution in [0.4, 0.5) is 10.1 Å². The van der Waals surface area contributed by atoms with Crippen LogP contribution in [0.15, 0.2) is 61.0 Å². The van der Waals surface area contributed by atoms with Crippen molar-refractivity contribution >= 4 is 29.3 Å². The number of anilines is 1. The van der Waals surface area contributed by atoms with Crippen LogP contribution in [0, 0.1) is 5.82 Å². The first kappa shape index (κ1) is 26.8. The van der Waals surface area contributed by atoms with E-state index in [1.54, 1.807) is 24.3 Å². The quantitative estimate of drug-likeness (QED) is 0.358. The molecule has 5 nitrogen and oxygen atoms in total. The molecule has 2 atom stereocenters. The van der Waals surface area contributed by atoms with Gasteiger partial charge in [-0.2, -0.15) is 0 Å². The van der Waals surface area contributed by atoms with Gasteiger partial charge < -0.3 is 15.0 Å². The number of ether oxygens (including phenoxy) is 1. The van der Waals surface area contributed by atoms with E-state index in [1.165, 1.54) is 12.1 Å². The molecular formula is C28H35ClFN3O2. The Morgan fingerprint density at radius 3 is 2.51 bits per heavy atom. The molecular weight excluding hydrogens is 465 g/mol. The maximum Gasteiger partial charge on any atom is 0.246 e. The average Bonchev–Trinajstić information content (AvgIpc) is 2.75. The van der Waals surface area contributed by atoms with Crippen LogP contribution >= 0.6 is 11.6 Å². The van der Waals surface area contributed by atoms with Crippen molar-refractivity contribution in [1.29, 1.82) is 0 Å². The van der Waals surface area contributed by atoms with Gasteiger partial charge in [-0.25, -0.2) is 4.39 Å². The third kappa shape index (κ3) is 7.84. The van der Waals surface area contributed by atoms with Crippen molar-refractivity contribution in [2.75, 3.05) is 18.4 Å². The smallest absolute Gasteiger partial charge is 0.246 e. The van der Waals surface area contributed by atoms with Crippen molar-refractivity contribution in [3.05, 3.63) is 83.0 Å². The lowest BCUT2D eigenvalue weighted by Gasteiger charge is -2.44. The Bertz CT molecular complexity index is 1080. The summed E-state index contributed by atoms with van der Waals surface area (Å²) in [6.07, 6.45) is 3.38. The van der Waals surface area contributed by atoms with E-state index in [2.05, 4.69) is 30.6 Å². The fourth-order valence-corrected chi connectivity index (χ4v) is 4.31. The maximum atomic E-state index is 13.2. The first-order valence-electron chi connectivity index (χ1n) is 11.8. The van der Waals surface area contributed by atoms with Gasteiger partial charge in [-0.1, -0.05) is 29.8 Å². The van der Waals surface area contributed by atoms with Crippen LogP contribution in [0.25, 0.3) is 6.08 Å². The molecule has 1 unspecified atom stereocenters. The molecule has 188 valence electrons. The summed E-state index contributed by atoms with van der Waals surface area (Å²) in [5.74, 6) is 0.124. The van der Waals surface area contributed by atoms with E-state index in [0.717, 1.165) is 24.2 Å². The predicted molar refractivity (Wildman–Crippen MR) is 142 cm³/mol. The summed E-state index contributed by atoms with van der Waals surface area (Å²) in [7, 11) is 0. The fraction of sp³-hybridized carbons (Fsp3) is 0.393. The molecule has 0 aliphatic carbocycles. The SMILES string of the molecule is C=C(Nc1cc(Cl)ccc1/C=C/C(=O)N1C[C@@H](C)N(Cc2ccc(F)cc2)CC1C)OC(C)(C)C. The Hall–Kier alpha value is -2.83. The van der Waals surface area contributed by atoms with Crippen LogP contribution in [0.5, 0.6) is 0 Å². The Balaban J connectivity index is 1.66. The van der Waals surface area contributed by atoms with Gasteiger partial charge in [0.05, 0.1) is 0 Å². The van der Waals surface area contributed by atoms with Crippen LogP contribution in [-0.2, 0) is 16.1 Å². The minimum Gasteiger partial charge on any atom is -0.474 e. The molecule has 1 aliphatic heterocycles. The molecule has 0 saturated carbocycles. The lowest BCUT2D eigenvalue weighted by Crippen LogP contribution is -2.57. The van der Waals surface area contributed by atoms with Gasteiger partial charge in [0.1, 0.15) is 11.4 Å². The largest absolute Gasteiger partial charge is 0.474 e. The van der Waals surface area contributed by atoms with Crippen LogP contribution in [0.1, 0.15) is 45.7 Å². The third-order valence-corrected chi connectivity index (χ3v) is 6.06. The number of benzene rings is 2. The van der Waals surface area contributed by atoms with Crippen LogP contribution < -0.4 is 5.32 Å². The van der Waals surface area contributed by atoms with Gasteiger partial charge in [-0.05, 0) is 82.7 Å². The molecule has 1 saturated heterocycles. The molecule has 1 heterocycles. The first-order chi connectivity index (χ1) is 16.4. The highest BCUT2D eigenvalue weighted by atomic mass is 35.5. The number of nitrogens with zero attached hydrogens (tertiary/aromatic N) is 2. The molecule has 35 heavy (non-hydrogen) atoms. The Kier molecular flexibility index (Phi) is 8.62. The lowest BCUT2D eigenvalue weighted by molar-refractivity contribution is -0.131. The van der Waals surface area contributed by atoms with Crippen LogP contribution in [0.3, 0.4) is 0 Å². The summed E-state index contributed by atoms with van der Waals surface area (Å²) in [4.78, 5) is 17.3. The highest BCUT2D eigenvalue weighted by molar-refractivity contribution is 6.31. The number of carbonyl (C=O) groups excluding carboxylic acids is 1. The molecule has 2 aromatic carbocycles. The second-order valence-electron chi connectivity index (χ2n) is 10.1. The van der Waals surface area contributed by atoms with Gasteiger partial charge in [0.15, 0.2) is 5.88 Å². The molecule has 2 aromatic rings. The topological polar surface area (TPSA) is 44.8 Å². The predicted octanol–water partition coefficient (Wildman–Crippen LogP) is 6.31. The van der Waals surface area contributed by atoms with Crippen LogP contribution in [-0.4, -0.2) is 46.5 Å². The number of nitrogens with one attached hydrogen (secondary N) is 1. The molecule has 1 amide bonds. The van der Waals surface area contributed by atoms with Gasteiger partial charge in [-0.3, -0.25) is 9.69 Å². The van der Waals surface area contributed by atoms with Gasteiger partial charge >= 0.3 is 0 Å². The molecule has 1 N–H and O–H groups in total. The third-order valence-electron chi connectivity index (χ3n) is 5.82. The Morgan fingerprint density at radius 1 is 1.17 bits per heavy atom. The van der Waals surface area contributed by atoms with Crippen molar-refractivity contribution in [2.24, 2.45) is 0 Å². The summed E-state index contributed by atoms with van der Waals surface area (Å²) in [6.45, 7) is 16.0. The number of halogens is 2. The van der Waals surface area contributed by atoms with E-state index in [1.807, 2.05) is 43.9 Å². The lowest BCUT2D eigenvalue weighted by atomic mass is 10.1. The average molecular weight is 500 g/mol. The van der Waals surface area contributed by atoms with E-state index in [4.69, 9.17) is 16.3 Å². The normalized spacial score (nSPS) is 19.1. The minimum absolute atomic E-state index is 0.0450. The van der Waals surface area contributed by atoms with E-state index in [-0.39, 0.29) is 29.4 Å². The van der Waals surface area contributed by atoms with Crippen molar-refractivity contribution in [1.82, 2.24) is 9.80 Å². The zero-order valence-electron chi connectivity index (χ0n) is 21.1. The van der Waals surface area contributed by atoms with Gasteiger partial charge in [0, 0.05) is 48.5 Å². The van der Waals surface area contributed by atoms with Crippen molar-refractivity contribution in [3.8, 4) is 0 Å². The van der Waals surface area contributed by atoms with Gasteiger partial charge in [-0.15, -0.1) is 0 Å². The summed E-state index contributed by atoms with van der Waals surface area (Å²) < 4.78 is 19.0. The summed E-state index contributed by atoms with van der Waals surface area (Å²) in [5, 5.41) is 3.72. The number of hydrogen-bond acceptors (Lipinski definition) is 4. The molecule has 0 radical (unpaired) electrons. The molecule has 0 aromatic heterocycles. The molecule has 0 spiro atoms. The zero-order chi connectivity index (χ0) is 25.8. The summed E-state index contributed by atoms with van der Waals surface area (Å²) in [5.41, 5.74) is 2.18. The molecule has 0 bridgehead atoms. The first-order valence-corrected chi connectivity index (χ1v) is 12.2. The second kappa shape index (κ2) is 11.3. The maximum absolute atomic E-state index is 13.2. The standard InChI is InChI=1S/C28H35ClFN3O2/c1-19-17-33(20(2)16-32(19)18-22-7-12-25(30)13-8-22)27(34)14-10-23-9-11-24(29)15-26(23)31-21(3)35-28(4,5)6/h7-15,19-20,31H,3,16-18H2,1-2,4-6H3/b14-10+/t19-,20?/m1/s1. The van der Waals surface area contributed by atoms with E-state index < -0.39 is 0 Å². The van der Waals surface area contributed by atoms with E-state index in [9.17, 15) is 9.18 Å². The zero-order valence-corrected chi connectivity index (χ0v) is 21.9. The number of piperazine rings is 1. The molecule has 1 aliphatic rings. The summed E-state index contributed by atoms with van der Waals surface area (Å²) >= 11 is 6.20. The number of carbonyl (C=O) groups is 1. The van der Waals surface area contributed by atoms with E-state index >= 15 is 0 Å². The number of rotatable bonds is 7. The highest BCUT2D eigenvalue weighted by Crippen LogP contribution is 2.26. The van der Waals surface area contributed by atoms with Crippen molar-refractivity contribution in [3.63, 3.8) is 0 Å². The molecule has 7 heteroatoms. The fourth-order valence-electron chi connectivity index (χ4n) is 4.13.